The average Bonchev–Trinajstić information content (AvgIpc) is 2.43. The van der Waals surface area contributed by atoms with Crippen molar-refractivity contribution in [3.8, 4) is 0 Å². The second-order valence-corrected chi connectivity index (χ2v) is 6.51. The second kappa shape index (κ2) is 11.1. The van der Waals surface area contributed by atoms with Crippen LogP contribution in [0.4, 0.5) is 0 Å². The number of nitrogens with two attached hydrogens (primary N) is 1. The van der Waals surface area contributed by atoms with Crippen LogP contribution in [0.2, 0.25) is 0 Å². The van der Waals surface area contributed by atoms with E-state index in [1.54, 1.807) is 0 Å². The van der Waals surface area contributed by atoms with Crippen molar-refractivity contribution in [3.63, 3.8) is 0 Å². The molecular weight excluding hydrogens is 391 g/mol. The Morgan fingerprint density at radius 2 is 1.59 bits per heavy atom. The highest BCUT2D eigenvalue weighted by Gasteiger charge is 2.17. The molecule has 0 radical (unpaired) electrons. The molecule has 2 saturated carbocycles. The van der Waals surface area contributed by atoms with Crippen LogP contribution < -0.4 is 16.4 Å². The molecule has 0 unspecified atom stereocenters. The van der Waals surface area contributed by atoms with Gasteiger partial charge in [0.25, 0.3) is 0 Å². The molecule has 0 aromatic heterocycles. The number of rotatable bonds is 7. The molecule has 2 aliphatic carbocycles. The maximum Gasteiger partial charge on any atom is 0.220 e. The van der Waals surface area contributed by atoms with Crippen molar-refractivity contribution in [3.05, 3.63) is 0 Å². The smallest absolute Gasteiger partial charge is 0.220 e. The Kier molecular flexibility index (Phi) is 9.82. The number of aliphatic imine (C=N–C) groups is 1. The minimum absolute atomic E-state index is 0. The number of nitrogens with one attached hydrogen (secondary N) is 2. The molecular formula is C16H31IN4O. The lowest BCUT2D eigenvalue weighted by Crippen LogP contribution is -2.39. The molecule has 0 spiro atoms. The zero-order chi connectivity index (χ0) is 14.9. The van der Waals surface area contributed by atoms with Gasteiger partial charge in [-0.05, 0) is 37.5 Å². The SMILES string of the molecule is I.NC(=NCC1CCC1)NCCNC(=O)CC1CCCCC1. The first-order valence-electron chi connectivity index (χ1n) is 8.54. The number of nitrogens with zero attached hydrogens (tertiary/aromatic N) is 1. The predicted octanol–water partition coefficient (Wildman–Crippen LogP) is 2.40. The summed E-state index contributed by atoms with van der Waals surface area (Å²) in [4.78, 5) is 16.1. The second-order valence-electron chi connectivity index (χ2n) is 6.51. The molecule has 2 aliphatic rings. The van der Waals surface area contributed by atoms with Crippen molar-refractivity contribution in [1.29, 1.82) is 0 Å². The fourth-order valence-corrected chi connectivity index (χ4v) is 3.08. The molecule has 0 aliphatic heterocycles. The van der Waals surface area contributed by atoms with Gasteiger partial charge < -0.3 is 16.4 Å². The first-order chi connectivity index (χ1) is 10.2. The monoisotopic (exact) mass is 422 g/mol. The van der Waals surface area contributed by atoms with Crippen LogP contribution in [0.3, 0.4) is 0 Å². The van der Waals surface area contributed by atoms with E-state index >= 15 is 0 Å². The fraction of sp³-hybridized carbons (Fsp3) is 0.875. The Labute approximate surface area is 151 Å². The molecule has 22 heavy (non-hydrogen) atoms. The summed E-state index contributed by atoms with van der Waals surface area (Å²) in [7, 11) is 0. The van der Waals surface area contributed by atoms with Gasteiger partial charge in [-0.3, -0.25) is 9.79 Å². The third-order valence-electron chi connectivity index (χ3n) is 4.70. The predicted molar refractivity (Wildman–Crippen MR) is 101 cm³/mol. The van der Waals surface area contributed by atoms with Gasteiger partial charge in [-0.25, -0.2) is 0 Å². The van der Waals surface area contributed by atoms with E-state index in [0.717, 1.165) is 12.5 Å². The Morgan fingerprint density at radius 3 is 2.23 bits per heavy atom. The van der Waals surface area contributed by atoms with Crippen LogP contribution >= 0.6 is 24.0 Å². The van der Waals surface area contributed by atoms with E-state index in [2.05, 4.69) is 15.6 Å². The van der Waals surface area contributed by atoms with Gasteiger partial charge in [0.2, 0.25) is 5.91 Å². The first kappa shape index (κ1) is 19.5. The van der Waals surface area contributed by atoms with Gasteiger partial charge in [0.1, 0.15) is 0 Å². The van der Waals surface area contributed by atoms with Crippen LogP contribution in [0.1, 0.15) is 57.8 Å². The highest BCUT2D eigenvalue weighted by molar-refractivity contribution is 14.0. The van der Waals surface area contributed by atoms with Crippen molar-refractivity contribution in [2.75, 3.05) is 19.6 Å². The fourth-order valence-electron chi connectivity index (χ4n) is 3.08. The molecule has 0 aromatic rings. The van der Waals surface area contributed by atoms with Crippen molar-refractivity contribution in [2.24, 2.45) is 22.6 Å². The molecule has 1 amide bonds. The van der Waals surface area contributed by atoms with Gasteiger partial charge in [0.15, 0.2) is 5.96 Å². The van der Waals surface area contributed by atoms with E-state index in [0.29, 0.717) is 31.4 Å². The number of guanidine groups is 1. The van der Waals surface area contributed by atoms with Crippen LogP contribution in [0.15, 0.2) is 4.99 Å². The lowest BCUT2D eigenvalue weighted by molar-refractivity contribution is -0.122. The largest absolute Gasteiger partial charge is 0.370 e. The Hall–Kier alpha value is -0.530. The summed E-state index contributed by atoms with van der Waals surface area (Å²) in [5.41, 5.74) is 5.79. The van der Waals surface area contributed by atoms with Gasteiger partial charge in [-0.15, -0.1) is 24.0 Å². The van der Waals surface area contributed by atoms with Crippen LogP contribution in [0, 0.1) is 11.8 Å². The first-order valence-corrected chi connectivity index (χ1v) is 8.54. The molecule has 5 nitrogen and oxygen atoms in total. The lowest BCUT2D eigenvalue weighted by Gasteiger charge is -2.23. The van der Waals surface area contributed by atoms with Crippen LogP contribution in [-0.4, -0.2) is 31.5 Å². The van der Waals surface area contributed by atoms with Crippen LogP contribution in [0.25, 0.3) is 0 Å². The molecule has 0 saturated heterocycles. The van der Waals surface area contributed by atoms with E-state index in [-0.39, 0.29) is 29.9 Å². The maximum absolute atomic E-state index is 11.8. The summed E-state index contributed by atoms with van der Waals surface area (Å²) in [6.45, 7) is 2.11. The summed E-state index contributed by atoms with van der Waals surface area (Å²) in [6, 6.07) is 0. The zero-order valence-corrected chi connectivity index (χ0v) is 15.8. The number of amides is 1. The molecule has 0 aromatic carbocycles. The summed E-state index contributed by atoms with van der Waals surface area (Å²) >= 11 is 0. The van der Waals surface area contributed by atoms with Crippen molar-refractivity contribution in [2.45, 2.75) is 57.8 Å². The van der Waals surface area contributed by atoms with Gasteiger partial charge in [0.05, 0.1) is 0 Å². The van der Waals surface area contributed by atoms with E-state index in [9.17, 15) is 4.79 Å². The van der Waals surface area contributed by atoms with E-state index in [1.165, 1.54) is 51.4 Å². The minimum atomic E-state index is 0. The number of halogens is 1. The van der Waals surface area contributed by atoms with E-state index in [4.69, 9.17) is 5.73 Å². The Bertz CT molecular complexity index is 352. The Morgan fingerprint density at radius 1 is 0.955 bits per heavy atom. The molecule has 6 heteroatoms. The molecule has 0 bridgehead atoms. The quantitative estimate of drug-likeness (QED) is 0.255. The highest BCUT2D eigenvalue weighted by atomic mass is 127. The van der Waals surface area contributed by atoms with Gasteiger partial charge in [-0.1, -0.05) is 25.7 Å². The number of hydrogen-bond donors (Lipinski definition) is 3. The summed E-state index contributed by atoms with van der Waals surface area (Å²) in [5.74, 6) is 2.01. The maximum atomic E-state index is 11.8. The van der Waals surface area contributed by atoms with Crippen LogP contribution in [-0.2, 0) is 4.79 Å². The van der Waals surface area contributed by atoms with Gasteiger partial charge in [0, 0.05) is 26.1 Å². The summed E-state index contributed by atoms with van der Waals surface area (Å²) in [5, 5.41) is 6.02. The van der Waals surface area contributed by atoms with E-state index in [1.807, 2.05) is 0 Å². The van der Waals surface area contributed by atoms with Gasteiger partial charge >= 0.3 is 0 Å². The molecule has 4 N–H and O–H groups in total. The van der Waals surface area contributed by atoms with Crippen molar-refractivity contribution < 1.29 is 4.79 Å². The third kappa shape index (κ3) is 7.65. The Balaban J connectivity index is 0.00000242. The van der Waals surface area contributed by atoms with Crippen molar-refractivity contribution in [1.82, 2.24) is 10.6 Å². The average molecular weight is 422 g/mol. The molecule has 2 fully saturated rings. The number of hydrogen-bond acceptors (Lipinski definition) is 2. The number of carbonyl (C=O) groups excluding carboxylic acids is 1. The number of carbonyl (C=O) groups is 1. The minimum Gasteiger partial charge on any atom is -0.370 e. The standard InChI is InChI=1S/C16H30N4O.HI/c17-16(20-12-14-7-4-8-14)19-10-9-18-15(21)11-13-5-2-1-3-6-13;/h13-14H,1-12H2,(H,18,21)(H3,17,19,20);1H. The topological polar surface area (TPSA) is 79.5 Å². The molecule has 128 valence electrons. The normalized spacial score (nSPS) is 19.9. The van der Waals surface area contributed by atoms with Crippen LogP contribution in [0.5, 0.6) is 0 Å². The van der Waals surface area contributed by atoms with Gasteiger partial charge in [-0.2, -0.15) is 0 Å². The lowest BCUT2D eigenvalue weighted by atomic mass is 9.86. The summed E-state index contributed by atoms with van der Waals surface area (Å²) in [6.07, 6.45) is 10.9. The zero-order valence-electron chi connectivity index (χ0n) is 13.5. The summed E-state index contributed by atoms with van der Waals surface area (Å²) < 4.78 is 0. The molecule has 0 heterocycles. The third-order valence-corrected chi connectivity index (χ3v) is 4.70. The highest BCUT2D eigenvalue weighted by Crippen LogP contribution is 2.26. The molecule has 0 atom stereocenters. The molecule has 2 rings (SSSR count). The van der Waals surface area contributed by atoms with E-state index < -0.39 is 0 Å². The van der Waals surface area contributed by atoms with Crippen molar-refractivity contribution >= 4 is 35.8 Å².